The molecule has 2 aromatic heterocycles. The standard InChI is InChI=1S/C20H16ClN3OS/c21-18-16-4-1-2-5-17(16)26-19(18)20(25)22-12-10-14-6-8-15(9-7-14)24-13-3-11-23-24/h1-9,11,13H,10,12H2,(H,22,25). The van der Waals surface area contributed by atoms with Crippen LogP contribution in [0.2, 0.25) is 5.02 Å². The molecule has 0 aliphatic heterocycles. The quantitative estimate of drug-likeness (QED) is 0.544. The molecule has 1 amide bonds. The first-order valence-electron chi connectivity index (χ1n) is 8.26. The number of thiophene rings is 1. The molecule has 0 radical (unpaired) electrons. The molecule has 0 atom stereocenters. The van der Waals surface area contributed by atoms with E-state index in [1.165, 1.54) is 11.3 Å². The number of aromatic nitrogens is 2. The van der Waals surface area contributed by atoms with Crippen LogP contribution in [0.5, 0.6) is 0 Å². The van der Waals surface area contributed by atoms with Gasteiger partial charge in [-0.1, -0.05) is 41.9 Å². The molecule has 0 fully saturated rings. The lowest BCUT2D eigenvalue weighted by Crippen LogP contribution is -2.25. The van der Waals surface area contributed by atoms with Crippen molar-refractivity contribution >= 4 is 38.9 Å². The molecule has 0 bridgehead atoms. The zero-order valence-electron chi connectivity index (χ0n) is 13.9. The number of hydrogen-bond acceptors (Lipinski definition) is 3. The molecule has 1 N–H and O–H groups in total. The lowest BCUT2D eigenvalue weighted by molar-refractivity contribution is 0.0958. The van der Waals surface area contributed by atoms with Crippen molar-refractivity contribution in [3.05, 3.63) is 82.5 Å². The highest BCUT2D eigenvalue weighted by atomic mass is 35.5. The van der Waals surface area contributed by atoms with E-state index in [-0.39, 0.29) is 5.91 Å². The maximum Gasteiger partial charge on any atom is 0.262 e. The van der Waals surface area contributed by atoms with Crippen molar-refractivity contribution in [2.45, 2.75) is 6.42 Å². The molecule has 0 spiro atoms. The fourth-order valence-electron chi connectivity index (χ4n) is 2.80. The summed E-state index contributed by atoms with van der Waals surface area (Å²) in [6.07, 6.45) is 4.42. The molecule has 6 heteroatoms. The maximum atomic E-state index is 12.4. The van der Waals surface area contributed by atoms with Gasteiger partial charge in [0.05, 0.1) is 10.7 Å². The number of amides is 1. The van der Waals surface area contributed by atoms with E-state index in [9.17, 15) is 4.79 Å². The second kappa shape index (κ2) is 7.32. The van der Waals surface area contributed by atoms with Gasteiger partial charge in [0.25, 0.3) is 5.91 Å². The van der Waals surface area contributed by atoms with E-state index in [2.05, 4.69) is 22.5 Å². The van der Waals surface area contributed by atoms with E-state index in [1.54, 1.807) is 6.20 Å². The van der Waals surface area contributed by atoms with E-state index < -0.39 is 0 Å². The molecule has 0 unspecified atom stereocenters. The van der Waals surface area contributed by atoms with Crippen LogP contribution >= 0.6 is 22.9 Å². The van der Waals surface area contributed by atoms with E-state index in [0.717, 1.165) is 27.8 Å². The number of benzene rings is 2. The second-order valence-electron chi connectivity index (χ2n) is 5.86. The van der Waals surface area contributed by atoms with E-state index >= 15 is 0 Å². The van der Waals surface area contributed by atoms with Crippen LogP contribution in [0.1, 0.15) is 15.2 Å². The van der Waals surface area contributed by atoms with Gasteiger partial charge in [0, 0.05) is 29.0 Å². The van der Waals surface area contributed by atoms with Crippen molar-refractivity contribution in [3.63, 3.8) is 0 Å². The fourth-order valence-corrected chi connectivity index (χ4v) is 4.23. The highest BCUT2D eigenvalue weighted by molar-refractivity contribution is 7.21. The minimum absolute atomic E-state index is 0.121. The molecule has 4 aromatic rings. The van der Waals surface area contributed by atoms with Gasteiger partial charge in [0.1, 0.15) is 4.88 Å². The Hall–Kier alpha value is -2.63. The number of nitrogens with one attached hydrogen (secondary N) is 1. The molecule has 0 saturated carbocycles. The molecule has 4 nitrogen and oxygen atoms in total. The van der Waals surface area contributed by atoms with E-state index in [1.807, 2.05) is 53.3 Å². The van der Waals surface area contributed by atoms with Crippen LogP contribution in [0.25, 0.3) is 15.8 Å². The van der Waals surface area contributed by atoms with Gasteiger partial charge in [-0.05, 0) is 36.2 Å². The Labute approximate surface area is 160 Å². The number of rotatable bonds is 5. The number of fused-ring (bicyclic) bond motifs is 1. The topological polar surface area (TPSA) is 46.9 Å². The van der Waals surface area contributed by atoms with Gasteiger partial charge in [-0.25, -0.2) is 4.68 Å². The predicted octanol–water partition coefficient (Wildman–Crippen LogP) is 4.71. The Balaban J connectivity index is 1.38. The molecule has 0 aliphatic rings. The van der Waals surface area contributed by atoms with Gasteiger partial charge < -0.3 is 5.32 Å². The minimum atomic E-state index is -0.121. The minimum Gasteiger partial charge on any atom is -0.351 e. The number of carbonyl (C=O) groups excluding carboxylic acids is 1. The fraction of sp³-hybridized carbons (Fsp3) is 0.100. The Kier molecular flexibility index (Phi) is 4.73. The average Bonchev–Trinajstić information content (AvgIpc) is 3.31. The highest BCUT2D eigenvalue weighted by Crippen LogP contribution is 2.34. The molecular weight excluding hydrogens is 366 g/mol. The highest BCUT2D eigenvalue weighted by Gasteiger charge is 2.16. The van der Waals surface area contributed by atoms with E-state index in [4.69, 9.17) is 11.6 Å². The molecule has 0 aliphatic carbocycles. The summed E-state index contributed by atoms with van der Waals surface area (Å²) in [5, 5.41) is 8.63. The predicted molar refractivity (Wildman–Crippen MR) is 106 cm³/mol. The van der Waals surface area contributed by atoms with Crippen molar-refractivity contribution in [2.24, 2.45) is 0 Å². The molecule has 0 saturated heterocycles. The summed E-state index contributed by atoms with van der Waals surface area (Å²) in [5.41, 5.74) is 2.17. The van der Waals surface area contributed by atoms with Gasteiger partial charge in [0.2, 0.25) is 0 Å². The number of halogens is 1. The number of carbonyl (C=O) groups is 1. The number of nitrogens with zero attached hydrogens (tertiary/aromatic N) is 2. The summed E-state index contributed by atoms with van der Waals surface area (Å²) in [6.45, 7) is 0.560. The Morgan fingerprint density at radius 1 is 1.12 bits per heavy atom. The van der Waals surface area contributed by atoms with Crippen LogP contribution < -0.4 is 5.32 Å². The third kappa shape index (κ3) is 3.36. The van der Waals surface area contributed by atoms with Crippen LogP contribution in [-0.4, -0.2) is 22.2 Å². The van der Waals surface area contributed by atoms with Gasteiger partial charge in [-0.2, -0.15) is 5.10 Å². The molecular formula is C20H16ClN3OS. The van der Waals surface area contributed by atoms with Crippen molar-refractivity contribution < 1.29 is 4.79 Å². The summed E-state index contributed by atoms with van der Waals surface area (Å²) in [5.74, 6) is -0.121. The molecule has 2 heterocycles. The first kappa shape index (κ1) is 16.8. The third-order valence-corrected chi connectivity index (χ3v) is 5.82. The monoisotopic (exact) mass is 381 g/mol. The van der Waals surface area contributed by atoms with Crippen LogP contribution in [0.4, 0.5) is 0 Å². The lowest BCUT2D eigenvalue weighted by Gasteiger charge is -2.06. The molecule has 26 heavy (non-hydrogen) atoms. The smallest absolute Gasteiger partial charge is 0.262 e. The summed E-state index contributed by atoms with van der Waals surface area (Å²) >= 11 is 7.78. The van der Waals surface area contributed by atoms with Crippen LogP contribution in [0.3, 0.4) is 0 Å². The first-order chi connectivity index (χ1) is 12.7. The van der Waals surface area contributed by atoms with Gasteiger partial charge >= 0.3 is 0 Å². The Morgan fingerprint density at radius 2 is 1.92 bits per heavy atom. The zero-order chi connectivity index (χ0) is 17.9. The second-order valence-corrected chi connectivity index (χ2v) is 7.29. The Morgan fingerprint density at radius 3 is 2.65 bits per heavy atom. The normalized spacial score (nSPS) is 11.0. The zero-order valence-corrected chi connectivity index (χ0v) is 15.4. The summed E-state index contributed by atoms with van der Waals surface area (Å²) in [6, 6.07) is 17.8. The SMILES string of the molecule is O=C(NCCc1ccc(-n2cccn2)cc1)c1sc2ccccc2c1Cl. The van der Waals surface area contributed by atoms with Gasteiger partial charge in [0.15, 0.2) is 0 Å². The third-order valence-electron chi connectivity index (χ3n) is 4.15. The molecule has 130 valence electrons. The maximum absolute atomic E-state index is 12.4. The average molecular weight is 382 g/mol. The first-order valence-corrected chi connectivity index (χ1v) is 9.46. The van der Waals surface area contributed by atoms with Crippen molar-refractivity contribution in [1.29, 1.82) is 0 Å². The lowest BCUT2D eigenvalue weighted by atomic mass is 10.1. The summed E-state index contributed by atoms with van der Waals surface area (Å²) in [7, 11) is 0. The number of hydrogen-bond donors (Lipinski definition) is 1. The van der Waals surface area contributed by atoms with Crippen LogP contribution in [0, 0.1) is 0 Å². The van der Waals surface area contributed by atoms with E-state index in [0.29, 0.717) is 16.4 Å². The molecule has 4 rings (SSSR count). The van der Waals surface area contributed by atoms with Crippen molar-refractivity contribution in [2.75, 3.05) is 6.54 Å². The van der Waals surface area contributed by atoms with Crippen molar-refractivity contribution in [3.8, 4) is 5.69 Å². The Bertz CT molecular complexity index is 1040. The molecule has 2 aromatic carbocycles. The van der Waals surface area contributed by atoms with Gasteiger partial charge in [-0.15, -0.1) is 11.3 Å². The van der Waals surface area contributed by atoms with Gasteiger partial charge in [-0.3, -0.25) is 4.79 Å². The summed E-state index contributed by atoms with van der Waals surface area (Å²) < 4.78 is 2.84. The van der Waals surface area contributed by atoms with Crippen LogP contribution in [0.15, 0.2) is 67.0 Å². The van der Waals surface area contributed by atoms with Crippen LogP contribution in [-0.2, 0) is 6.42 Å². The summed E-state index contributed by atoms with van der Waals surface area (Å²) in [4.78, 5) is 13.0. The van der Waals surface area contributed by atoms with Crippen molar-refractivity contribution in [1.82, 2.24) is 15.1 Å². The largest absolute Gasteiger partial charge is 0.351 e.